The van der Waals surface area contributed by atoms with E-state index in [1.54, 1.807) is 29.7 Å². The Hall–Kier alpha value is -2.01. The highest BCUT2D eigenvalue weighted by Crippen LogP contribution is 2.18. The lowest BCUT2D eigenvalue weighted by atomic mass is 10.2. The van der Waals surface area contributed by atoms with Gasteiger partial charge in [0.15, 0.2) is 0 Å². The van der Waals surface area contributed by atoms with Crippen LogP contribution in [0.1, 0.15) is 39.9 Å². The standard InChI is InChI=1S/C15H17N3OS/c1-3-5-13(14-8-7-11(2)20-14)17-18-15(19)12-6-4-9-16-10-12/h4,6-10H,3,5H2,1-2H3,(H,18,19). The molecule has 0 bridgehead atoms. The van der Waals surface area contributed by atoms with Crippen molar-refractivity contribution in [2.24, 2.45) is 5.10 Å². The van der Waals surface area contributed by atoms with Crippen LogP contribution in [0, 0.1) is 6.92 Å². The van der Waals surface area contributed by atoms with E-state index in [4.69, 9.17) is 0 Å². The van der Waals surface area contributed by atoms with Gasteiger partial charge in [-0.05, 0) is 37.6 Å². The summed E-state index contributed by atoms with van der Waals surface area (Å²) in [5, 5.41) is 4.27. The van der Waals surface area contributed by atoms with Crippen LogP contribution in [0.15, 0.2) is 41.8 Å². The molecule has 0 unspecified atom stereocenters. The quantitative estimate of drug-likeness (QED) is 0.677. The molecule has 0 aliphatic rings. The number of rotatable bonds is 5. The second-order valence-electron chi connectivity index (χ2n) is 4.40. The smallest absolute Gasteiger partial charge is 0.267 e. The van der Waals surface area contributed by atoms with E-state index in [1.165, 1.54) is 11.1 Å². The molecule has 0 radical (unpaired) electrons. The van der Waals surface area contributed by atoms with Crippen LogP contribution in [0.2, 0.25) is 0 Å². The number of pyridine rings is 1. The van der Waals surface area contributed by atoms with Gasteiger partial charge in [-0.15, -0.1) is 11.3 Å². The first-order chi connectivity index (χ1) is 9.70. The molecule has 0 aromatic carbocycles. The van der Waals surface area contributed by atoms with Gasteiger partial charge in [-0.3, -0.25) is 9.78 Å². The van der Waals surface area contributed by atoms with Gasteiger partial charge in [0.25, 0.3) is 5.91 Å². The van der Waals surface area contributed by atoms with Crippen LogP contribution >= 0.6 is 11.3 Å². The lowest BCUT2D eigenvalue weighted by Crippen LogP contribution is -2.20. The molecule has 0 aliphatic heterocycles. The van der Waals surface area contributed by atoms with Gasteiger partial charge in [-0.25, -0.2) is 5.43 Å². The van der Waals surface area contributed by atoms with Gasteiger partial charge in [0, 0.05) is 17.3 Å². The average Bonchev–Trinajstić information content (AvgIpc) is 2.90. The Morgan fingerprint density at radius 3 is 2.85 bits per heavy atom. The van der Waals surface area contributed by atoms with E-state index in [0.717, 1.165) is 23.4 Å². The second-order valence-corrected chi connectivity index (χ2v) is 5.69. The van der Waals surface area contributed by atoms with Crippen molar-refractivity contribution < 1.29 is 4.79 Å². The van der Waals surface area contributed by atoms with Crippen molar-refractivity contribution in [3.05, 3.63) is 52.0 Å². The lowest BCUT2D eigenvalue weighted by Gasteiger charge is -2.04. The third-order valence-corrected chi connectivity index (χ3v) is 3.78. The first-order valence-electron chi connectivity index (χ1n) is 6.54. The zero-order valence-corrected chi connectivity index (χ0v) is 12.4. The fourth-order valence-electron chi connectivity index (χ4n) is 1.74. The van der Waals surface area contributed by atoms with Crippen molar-refractivity contribution in [2.75, 3.05) is 0 Å². The molecule has 5 heteroatoms. The van der Waals surface area contributed by atoms with E-state index in [0.29, 0.717) is 5.56 Å². The van der Waals surface area contributed by atoms with Crippen molar-refractivity contribution in [1.82, 2.24) is 10.4 Å². The number of nitrogens with one attached hydrogen (secondary N) is 1. The molecular weight excluding hydrogens is 270 g/mol. The van der Waals surface area contributed by atoms with E-state index >= 15 is 0 Å². The summed E-state index contributed by atoms with van der Waals surface area (Å²) >= 11 is 1.69. The van der Waals surface area contributed by atoms with Crippen LogP contribution < -0.4 is 5.43 Å². The lowest BCUT2D eigenvalue weighted by molar-refractivity contribution is 0.0954. The molecule has 0 aliphatic carbocycles. The third-order valence-electron chi connectivity index (χ3n) is 2.73. The van der Waals surface area contributed by atoms with Crippen molar-refractivity contribution >= 4 is 23.0 Å². The number of hydrogen-bond acceptors (Lipinski definition) is 4. The maximum absolute atomic E-state index is 11.9. The number of thiophene rings is 1. The van der Waals surface area contributed by atoms with E-state index in [2.05, 4.69) is 35.4 Å². The fraction of sp³-hybridized carbons (Fsp3) is 0.267. The van der Waals surface area contributed by atoms with Crippen LogP contribution in [0.3, 0.4) is 0 Å². The van der Waals surface area contributed by atoms with Crippen LogP contribution in [-0.4, -0.2) is 16.6 Å². The highest BCUT2D eigenvalue weighted by Gasteiger charge is 2.08. The second kappa shape index (κ2) is 6.96. The van der Waals surface area contributed by atoms with E-state index in [9.17, 15) is 4.79 Å². The zero-order valence-electron chi connectivity index (χ0n) is 11.6. The molecule has 20 heavy (non-hydrogen) atoms. The monoisotopic (exact) mass is 287 g/mol. The Morgan fingerprint density at radius 2 is 2.25 bits per heavy atom. The van der Waals surface area contributed by atoms with Gasteiger partial charge in [-0.2, -0.15) is 5.10 Å². The zero-order chi connectivity index (χ0) is 14.4. The molecule has 0 fully saturated rings. The molecule has 4 nitrogen and oxygen atoms in total. The molecule has 2 aromatic heterocycles. The summed E-state index contributed by atoms with van der Waals surface area (Å²) in [6.07, 6.45) is 4.99. The molecular formula is C15H17N3OS. The summed E-state index contributed by atoms with van der Waals surface area (Å²) in [5.41, 5.74) is 4.04. The fourth-order valence-corrected chi connectivity index (χ4v) is 2.63. The van der Waals surface area contributed by atoms with Crippen LogP contribution in [0.25, 0.3) is 0 Å². The van der Waals surface area contributed by atoms with E-state index < -0.39 is 0 Å². The predicted octanol–water partition coefficient (Wildman–Crippen LogP) is 3.39. The van der Waals surface area contributed by atoms with Crippen molar-refractivity contribution in [1.29, 1.82) is 0 Å². The Kier molecular flexibility index (Phi) is 5.01. The Morgan fingerprint density at radius 1 is 1.40 bits per heavy atom. The molecule has 1 N–H and O–H groups in total. The van der Waals surface area contributed by atoms with Gasteiger partial charge in [0.05, 0.1) is 16.2 Å². The number of aryl methyl sites for hydroxylation is 1. The number of amides is 1. The molecule has 104 valence electrons. The van der Waals surface area contributed by atoms with Crippen LogP contribution in [0.4, 0.5) is 0 Å². The summed E-state index contributed by atoms with van der Waals surface area (Å²) in [6.45, 7) is 4.16. The highest BCUT2D eigenvalue weighted by molar-refractivity contribution is 7.14. The Labute approximate surface area is 122 Å². The van der Waals surface area contributed by atoms with Crippen LogP contribution in [-0.2, 0) is 0 Å². The van der Waals surface area contributed by atoms with Gasteiger partial charge < -0.3 is 0 Å². The largest absolute Gasteiger partial charge is 0.272 e. The summed E-state index contributed by atoms with van der Waals surface area (Å²) in [5.74, 6) is -0.236. The van der Waals surface area contributed by atoms with E-state index in [1.807, 2.05) is 6.07 Å². The summed E-state index contributed by atoms with van der Waals surface area (Å²) in [6, 6.07) is 7.56. The van der Waals surface area contributed by atoms with Gasteiger partial charge in [0.2, 0.25) is 0 Å². The first kappa shape index (κ1) is 14.4. The minimum absolute atomic E-state index is 0.236. The molecule has 1 amide bonds. The van der Waals surface area contributed by atoms with Gasteiger partial charge in [0.1, 0.15) is 0 Å². The number of hydrazone groups is 1. The molecule has 0 saturated carbocycles. The molecule has 0 atom stereocenters. The van der Waals surface area contributed by atoms with Crippen molar-refractivity contribution in [3.8, 4) is 0 Å². The maximum atomic E-state index is 11.9. The molecule has 2 rings (SSSR count). The predicted molar refractivity (Wildman–Crippen MR) is 82.2 cm³/mol. The molecule has 2 aromatic rings. The Bertz CT molecular complexity index is 605. The summed E-state index contributed by atoms with van der Waals surface area (Å²) in [7, 11) is 0. The van der Waals surface area contributed by atoms with Crippen molar-refractivity contribution in [2.45, 2.75) is 26.7 Å². The summed E-state index contributed by atoms with van der Waals surface area (Å²) in [4.78, 5) is 18.2. The highest BCUT2D eigenvalue weighted by atomic mass is 32.1. The number of hydrogen-bond donors (Lipinski definition) is 1. The number of nitrogens with zero attached hydrogens (tertiary/aromatic N) is 2. The molecule has 0 spiro atoms. The number of aromatic nitrogens is 1. The SMILES string of the molecule is CCCC(=NNC(=O)c1cccnc1)c1ccc(C)s1. The summed E-state index contributed by atoms with van der Waals surface area (Å²) < 4.78 is 0. The third kappa shape index (κ3) is 3.74. The van der Waals surface area contributed by atoms with Crippen LogP contribution in [0.5, 0.6) is 0 Å². The first-order valence-corrected chi connectivity index (χ1v) is 7.36. The van der Waals surface area contributed by atoms with E-state index in [-0.39, 0.29) is 5.91 Å². The van der Waals surface area contributed by atoms with Crippen molar-refractivity contribution in [3.63, 3.8) is 0 Å². The number of carbonyl (C=O) groups is 1. The molecule has 2 heterocycles. The minimum Gasteiger partial charge on any atom is -0.267 e. The molecule has 0 saturated heterocycles. The normalized spacial score (nSPS) is 11.4. The topological polar surface area (TPSA) is 54.4 Å². The van der Waals surface area contributed by atoms with Gasteiger partial charge in [-0.1, -0.05) is 13.3 Å². The van der Waals surface area contributed by atoms with Gasteiger partial charge >= 0.3 is 0 Å². The number of carbonyl (C=O) groups excluding carboxylic acids is 1. The Balaban J connectivity index is 2.12. The minimum atomic E-state index is -0.236. The maximum Gasteiger partial charge on any atom is 0.272 e. The average molecular weight is 287 g/mol.